The number of fused-ring (bicyclic) bond motifs is 1. The molecule has 3 heteroatoms. The summed E-state index contributed by atoms with van der Waals surface area (Å²) < 4.78 is 0. The third-order valence-corrected chi connectivity index (χ3v) is 3.54. The molecule has 2 nitrogen and oxygen atoms in total. The zero-order valence-corrected chi connectivity index (χ0v) is 11.9. The lowest BCUT2D eigenvalue weighted by Crippen LogP contribution is -2.29. The number of hydroxylamine groups is 2. The SMILES string of the molecule is Cl.c1ccc2cc(CON3CCCCC3)ccc2c1. The summed E-state index contributed by atoms with van der Waals surface area (Å²) in [7, 11) is 0. The molecule has 0 unspecified atom stereocenters. The molecule has 0 spiro atoms. The lowest BCUT2D eigenvalue weighted by Gasteiger charge is -2.25. The Labute approximate surface area is 120 Å². The molecule has 19 heavy (non-hydrogen) atoms. The summed E-state index contributed by atoms with van der Waals surface area (Å²) in [4.78, 5) is 5.85. The maximum atomic E-state index is 5.85. The molecular formula is C16H20ClNO. The average molecular weight is 278 g/mol. The Kier molecular flexibility index (Phi) is 5.20. The number of piperidine rings is 1. The van der Waals surface area contributed by atoms with Crippen LogP contribution in [0.2, 0.25) is 0 Å². The highest BCUT2D eigenvalue weighted by atomic mass is 35.5. The van der Waals surface area contributed by atoms with Crippen LogP contribution in [0.25, 0.3) is 10.8 Å². The second-order valence-electron chi connectivity index (χ2n) is 4.94. The molecule has 1 fully saturated rings. The minimum Gasteiger partial charge on any atom is -0.294 e. The van der Waals surface area contributed by atoms with Crippen LogP contribution < -0.4 is 0 Å². The lowest BCUT2D eigenvalue weighted by molar-refractivity contribution is -0.178. The van der Waals surface area contributed by atoms with Crippen LogP contribution in [-0.2, 0) is 11.4 Å². The van der Waals surface area contributed by atoms with Gasteiger partial charge in [-0.3, -0.25) is 4.84 Å². The maximum Gasteiger partial charge on any atom is 0.0936 e. The van der Waals surface area contributed by atoms with Gasteiger partial charge < -0.3 is 0 Å². The summed E-state index contributed by atoms with van der Waals surface area (Å²) in [5, 5.41) is 4.69. The van der Waals surface area contributed by atoms with Gasteiger partial charge in [-0.15, -0.1) is 12.4 Å². The molecule has 3 rings (SSSR count). The van der Waals surface area contributed by atoms with Gasteiger partial charge in [0.2, 0.25) is 0 Å². The molecule has 0 aromatic heterocycles. The Morgan fingerprint density at radius 2 is 1.63 bits per heavy atom. The zero-order chi connectivity index (χ0) is 12.2. The van der Waals surface area contributed by atoms with E-state index in [-0.39, 0.29) is 12.4 Å². The van der Waals surface area contributed by atoms with Gasteiger partial charge in [-0.1, -0.05) is 42.8 Å². The molecule has 0 saturated carbocycles. The van der Waals surface area contributed by atoms with Crippen molar-refractivity contribution in [3.8, 4) is 0 Å². The fourth-order valence-electron chi connectivity index (χ4n) is 2.49. The van der Waals surface area contributed by atoms with Gasteiger partial charge in [-0.25, -0.2) is 0 Å². The minimum absolute atomic E-state index is 0. The molecule has 0 bridgehead atoms. The molecule has 1 heterocycles. The monoisotopic (exact) mass is 277 g/mol. The van der Waals surface area contributed by atoms with E-state index in [4.69, 9.17) is 4.84 Å². The van der Waals surface area contributed by atoms with Gasteiger partial charge in [0.15, 0.2) is 0 Å². The van der Waals surface area contributed by atoms with Crippen molar-refractivity contribution in [2.75, 3.05) is 13.1 Å². The number of nitrogens with zero attached hydrogens (tertiary/aromatic N) is 1. The van der Waals surface area contributed by atoms with Gasteiger partial charge in [0, 0.05) is 13.1 Å². The second kappa shape index (κ2) is 6.90. The Morgan fingerprint density at radius 3 is 2.42 bits per heavy atom. The molecule has 2 aromatic rings. The Balaban J connectivity index is 0.00000133. The average Bonchev–Trinajstić information content (AvgIpc) is 2.46. The fraction of sp³-hybridized carbons (Fsp3) is 0.375. The summed E-state index contributed by atoms with van der Waals surface area (Å²) in [5.74, 6) is 0. The van der Waals surface area contributed by atoms with Gasteiger partial charge in [-0.05, 0) is 35.2 Å². The van der Waals surface area contributed by atoms with Crippen molar-refractivity contribution >= 4 is 23.2 Å². The minimum atomic E-state index is 0. The van der Waals surface area contributed by atoms with Crippen molar-refractivity contribution in [2.24, 2.45) is 0 Å². The van der Waals surface area contributed by atoms with Crippen molar-refractivity contribution in [3.63, 3.8) is 0 Å². The predicted octanol–water partition coefficient (Wildman–Crippen LogP) is 4.18. The van der Waals surface area contributed by atoms with Crippen molar-refractivity contribution in [1.29, 1.82) is 0 Å². The van der Waals surface area contributed by atoms with Crippen LogP contribution in [0.15, 0.2) is 42.5 Å². The summed E-state index contributed by atoms with van der Waals surface area (Å²) in [5.41, 5.74) is 1.25. The number of benzene rings is 2. The molecule has 0 radical (unpaired) electrons. The van der Waals surface area contributed by atoms with E-state index >= 15 is 0 Å². The molecule has 1 saturated heterocycles. The molecule has 102 valence electrons. The van der Waals surface area contributed by atoms with E-state index in [9.17, 15) is 0 Å². The van der Waals surface area contributed by atoms with Gasteiger partial charge >= 0.3 is 0 Å². The Hall–Kier alpha value is -1.09. The number of halogens is 1. The van der Waals surface area contributed by atoms with Crippen molar-refractivity contribution in [1.82, 2.24) is 5.06 Å². The zero-order valence-electron chi connectivity index (χ0n) is 11.0. The number of hydrogen-bond acceptors (Lipinski definition) is 2. The first-order valence-corrected chi connectivity index (χ1v) is 6.77. The predicted molar refractivity (Wildman–Crippen MR) is 81.4 cm³/mol. The first-order valence-electron chi connectivity index (χ1n) is 6.77. The smallest absolute Gasteiger partial charge is 0.0936 e. The highest BCUT2D eigenvalue weighted by Crippen LogP contribution is 2.17. The first-order chi connectivity index (χ1) is 8.92. The third kappa shape index (κ3) is 3.69. The van der Waals surface area contributed by atoms with E-state index in [1.54, 1.807) is 0 Å². The van der Waals surface area contributed by atoms with Crippen molar-refractivity contribution < 1.29 is 4.84 Å². The molecule has 0 atom stereocenters. The van der Waals surface area contributed by atoms with Gasteiger partial charge in [0.05, 0.1) is 6.61 Å². The van der Waals surface area contributed by atoms with E-state index in [1.807, 2.05) is 0 Å². The van der Waals surface area contributed by atoms with Gasteiger partial charge in [0.25, 0.3) is 0 Å². The van der Waals surface area contributed by atoms with Crippen molar-refractivity contribution in [3.05, 3.63) is 48.0 Å². The molecular weight excluding hydrogens is 258 g/mol. The molecule has 0 N–H and O–H groups in total. The van der Waals surface area contributed by atoms with E-state index in [1.165, 1.54) is 35.6 Å². The van der Waals surface area contributed by atoms with Crippen LogP contribution in [0, 0.1) is 0 Å². The summed E-state index contributed by atoms with van der Waals surface area (Å²) in [6.45, 7) is 2.84. The Bertz CT molecular complexity index is 523. The highest BCUT2D eigenvalue weighted by molar-refractivity contribution is 5.85. The van der Waals surface area contributed by atoms with Crippen LogP contribution >= 0.6 is 12.4 Å². The van der Waals surface area contributed by atoms with Crippen LogP contribution in [0.5, 0.6) is 0 Å². The van der Waals surface area contributed by atoms with Crippen LogP contribution in [0.3, 0.4) is 0 Å². The number of hydrogen-bond donors (Lipinski definition) is 0. The second-order valence-corrected chi connectivity index (χ2v) is 4.94. The summed E-state index contributed by atoms with van der Waals surface area (Å²) in [6, 6.07) is 15.0. The van der Waals surface area contributed by atoms with Gasteiger partial charge in [-0.2, -0.15) is 5.06 Å². The molecule has 0 aliphatic carbocycles. The summed E-state index contributed by atoms with van der Waals surface area (Å²) >= 11 is 0. The first kappa shape index (κ1) is 14.3. The molecule has 0 amide bonds. The number of rotatable bonds is 3. The summed E-state index contributed by atoms with van der Waals surface area (Å²) in [6.07, 6.45) is 3.87. The van der Waals surface area contributed by atoms with Crippen molar-refractivity contribution in [2.45, 2.75) is 25.9 Å². The van der Waals surface area contributed by atoms with E-state index in [0.717, 1.165) is 13.1 Å². The fourth-order valence-corrected chi connectivity index (χ4v) is 2.49. The third-order valence-electron chi connectivity index (χ3n) is 3.54. The normalized spacial score (nSPS) is 16.2. The topological polar surface area (TPSA) is 12.5 Å². The maximum absolute atomic E-state index is 5.85. The molecule has 1 aliphatic rings. The quantitative estimate of drug-likeness (QED) is 0.834. The van der Waals surface area contributed by atoms with Gasteiger partial charge in [0.1, 0.15) is 0 Å². The lowest BCUT2D eigenvalue weighted by atomic mass is 10.1. The van der Waals surface area contributed by atoms with E-state index in [0.29, 0.717) is 6.61 Å². The van der Waals surface area contributed by atoms with E-state index in [2.05, 4.69) is 47.5 Å². The van der Waals surface area contributed by atoms with Crippen LogP contribution in [0.1, 0.15) is 24.8 Å². The van der Waals surface area contributed by atoms with Crippen LogP contribution in [-0.4, -0.2) is 18.2 Å². The Morgan fingerprint density at radius 1 is 0.895 bits per heavy atom. The highest BCUT2D eigenvalue weighted by Gasteiger charge is 2.10. The van der Waals surface area contributed by atoms with E-state index < -0.39 is 0 Å². The van der Waals surface area contributed by atoms with Crippen LogP contribution in [0.4, 0.5) is 0 Å². The molecule has 1 aliphatic heterocycles. The molecule has 2 aromatic carbocycles. The standard InChI is InChI=1S/C16H19NO.ClH/c1-4-10-17(11-5-1)18-13-14-8-9-15-6-2-3-7-16(15)12-14;/h2-3,6-9,12H,1,4-5,10-11,13H2;1H. The largest absolute Gasteiger partial charge is 0.294 e.